The van der Waals surface area contributed by atoms with Crippen LogP contribution in [0.1, 0.15) is 18.9 Å². The summed E-state index contributed by atoms with van der Waals surface area (Å²) in [6.45, 7) is 2.09. The fourth-order valence-electron chi connectivity index (χ4n) is 2.24. The lowest BCUT2D eigenvalue weighted by molar-refractivity contribution is 0.355. The summed E-state index contributed by atoms with van der Waals surface area (Å²) in [6, 6.07) is 11.8. The number of rotatable bonds is 7. The lowest BCUT2D eigenvalue weighted by Gasteiger charge is -2.12. The van der Waals surface area contributed by atoms with Gasteiger partial charge in [-0.25, -0.2) is 8.42 Å². The van der Waals surface area contributed by atoms with Crippen LogP contribution in [0.3, 0.4) is 0 Å². The summed E-state index contributed by atoms with van der Waals surface area (Å²) in [4.78, 5) is 0.229. The topological polar surface area (TPSA) is 64.6 Å². The Bertz CT molecular complexity index is 755. The van der Waals surface area contributed by atoms with Gasteiger partial charge in [0, 0.05) is 6.07 Å². The van der Waals surface area contributed by atoms with Crippen molar-refractivity contribution in [2.75, 3.05) is 18.9 Å². The van der Waals surface area contributed by atoms with Gasteiger partial charge in [0.15, 0.2) is 11.5 Å². The molecule has 0 bridgehead atoms. The average Bonchev–Trinajstić information content (AvgIpc) is 2.55. The molecule has 0 atom stereocenters. The van der Waals surface area contributed by atoms with Gasteiger partial charge < -0.3 is 9.47 Å². The molecular weight excluding hydrogens is 314 g/mol. The van der Waals surface area contributed by atoms with Crippen molar-refractivity contribution in [3.05, 3.63) is 48.0 Å². The van der Waals surface area contributed by atoms with Crippen LogP contribution >= 0.6 is 0 Å². The van der Waals surface area contributed by atoms with Gasteiger partial charge in [-0.15, -0.1) is 0 Å². The third kappa shape index (κ3) is 4.16. The Hall–Kier alpha value is -2.21. The third-order valence-electron chi connectivity index (χ3n) is 3.41. The molecule has 1 N–H and O–H groups in total. The van der Waals surface area contributed by atoms with Crippen LogP contribution in [0.2, 0.25) is 0 Å². The second-order valence-electron chi connectivity index (χ2n) is 5.07. The number of sulfonamides is 1. The first kappa shape index (κ1) is 17.1. The van der Waals surface area contributed by atoms with Crippen LogP contribution in [0.4, 0.5) is 5.69 Å². The Kier molecular flexibility index (Phi) is 5.50. The van der Waals surface area contributed by atoms with E-state index in [1.807, 2.05) is 12.1 Å². The summed E-state index contributed by atoms with van der Waals surface area (Å²) in [6.07, 6.45) is 1.96. The Morgan fingerprint density at radius 1 is 0.957 bits per heavy atom. The number of hydrogen-bond acceptors (Lipinski definition) is 4. The van der Waals surface area contributed by atoms with Crippen molar-refractivity contribution in [3.8, 4) is 11.5 Å². The maximum Gasteiger partial charge on any atom is 0.261 e. The van der Waals surface area contributed by atoms with Crippen LogP contribution in [0.5, 0.6) is 11.5 Å². The molecule has 0 spiro atoms. The first-order chi connectivity index (χ1) is 11.0. The van der Waals surface area contributed by atoms with Crippen molar-refractivity contribution in [2.24, 2.45) is 0 Å². The van der Waals surface area contributed by atoms with E-state index in [2.05, 4.69) is 11.6 Å². The first-order valence-corrected chi connectivity index (χ1v) is 8.82. The average molecular weight is 335 g/mol. The molecule has 0 unspecified atom stereocenters. The van der Waals surface area contributed by atoms with Crippen molar-refractivity contribution in [1.29, 1.82) is 0 Å². The highest BCUT2D eigenvalue weighted by Crippen LogP contribution is 2.30. The molecule has 5 nitrogen and oxygen atoms in total. The molecule has 0 heterocycles. The van der Waals surface area contributed by atoms with E-state index in [9.17, 15) is 8.42 Å². The number of anilines is 1. The highest BCUT2D eigenvalue weighted by molar-refractivity contribution is 7.92. The molecule has 0 aliphatic heterocycles. The molecule has 6 heteroatoms. The second kappa shape index (κ2) is 7.37. The number of hydrogen-bond donors (Lipinski definition) is 1. The zero-order valence-corrected chi connectivity index (χ0v) is 14.3. The SMILES string of the molecule is CCCc1ccc(S(=O)(=O)Nc2ccc(OC)c(OC)c2)cc1. The van der Waals surface area contributed by atoms with E-state index < -0.39 is 10.0 Å². The normalized spacial score (nSPS) is 11.1. The van der Waals surface area contributed by atoms with Crippen LogP contribution < -0.4 is 14.2 Å². The van der Waals surface area contributed by atoms with E-state index in [1.165, 1.54) is 14.2 Å². The quantitative estimate of drug-likeness (QED) is 0.841. The maximum absolute atomic E-state index is 12.4. The van der Waals surface area contributed by atoms with Gasteiger partial charge in [-0.2, -0.15) is 0 Å². The first-order valence-electron chi connectivity index (χ1n) is 7.34. The molecule has 0 fully saturated rings. The predicted molar refractivity (Wildman–Crippen MR) is 90.8 cm³/mol. The van der Waals surface area contributed by atoms with E-state index in [4.69, 9.17) is 9.47 Å². The van der Waals surface area contributed by atoms with E-state index >= 15 is 0 Å². The summed E-state index contributed by atoms with van der Waals surface area (Å²) in [5.41, 5.74) is 1.54. The van der Waals surface area contributed by atoms with Gasteiger partial charge in [0.1, 0.15) is 0 Å². The lowest BCUT2D eigenvalue weighted by Crippen LogP contribution is -2.13. The minimum Gasteiger partial charge on any atom is -0.493 e. The van der Waals surface area contributed by atoms with Gasteiger partial charge in [0.2, 0.25) is 0 Å². The maximum atomic E-state index is 12.4. The van der Waals surface area contributed by atoms with Crippen LogP contribution in [0.25, 0.3) is 0 Å². The van der Waals surface area contributed by atoms with Crippen LogP contribution in [-0.2, 0) is 16.4 Å². The molecule has 0 aliphatic rings. The molecule has 0 saturated carbocycles. The summed E-state index contributed by atoms with van der Waals surface area (Å²) < 4.78 is 37.8. The minimum atomic E-state index is -3.64. The smallest absolute Gasteiger partial charge is 0.261 e. The zero-order valence-electron chi connectivity index (χ0n) is 13.5. The van der Waals surface area contributed by atoms with Gasteiger partial charge in [-0.1, -0.05) is 25.5 Å². The van der Waals surface area contributed by atoms with Gasteiger partial charge in [0.25, 0.3) is 10.0 Å². The number of aryl methyl sites for hydroxylation is 1. The van der Waals surface area contributed by atoms with E-state index in [0.29, 0.717) is 17.2 Å². The Balaban J connectivity index is 2.23. The minimum absolute atomic E-state index is 0.229. The lowest BCUT2D eigenvalue weighted by atomic mass is 10.1. The van der Waals surface area contributed by atoms with Crippen LogP contribution in [-0.4, -0.2) is 22.6 Å². The molecule has 0 aromatic heterocycles. The molecule has 0 aliphatic carbocycles. The summed E-state index contributed by atoms with van der Waals surface area (Å²) >= 11 is 0. The van der Waals surface area contributed by atoms with Gasteiger partial charge in [-0.05, 0) is 36.2 Å². The van der Waals surface area contributed by atoms with Crippen molar-refractivity contribution >= 4 is 15.7 Å². The fourth-order valence-corrected chi connectivity index (χ4v) is 3.29. The molecule has 2 rings (SSSR count). The largest absolute Gasteiger partial charge is 0.493 e. The highest BCUT2D eigenvalue weighted by atomic mass is 32.2. The van der Waals surface area contributed by atoms with E-state index in [1.54, 1.807) is 30.3 Å². The Labute approximate surface area is 137 Å². The van der Waals surface area contributed by atoms with E-state index in [-0.39, 0.29) is 4.90 Å². The zero-order chi connectivity index (χ0) is 16.9. The van der Waals surface area contributed by atoms with E-state index in [0.717, 1.165) is 18.4 Å². The van der Waals surface area contributed by atoms with Crippen molar-refractivity contribution in [2.45, 2.75) is 24.7 Å². The molecule has 0 saturated heterocycles. The molecule has 124 valence electrons. The molecular formula is C17H21NO4S. The molecule has 2 aromatic carbocycles. The van der Waals surface area contributed by atoms with Crippen molar-refractivity contribution in [3.63, 3.8) is 0 Å². The Morgan fingerprint density at radius 2 is 1.61 bits per heavy atom. The Morgan fingerprint density at radius 3 is 2.17 bits per heavy atom. The number of benzene rings is 2. The molecule has 0 amide bonds. The van der Waals surface area contributed by atoms with Gasteiger partial charge in [-0.3, -0.25) is 4.72 Å². The van der Waals surface area contributed by atoms with Crippen molar-refractivity contribution < 1.29 is 17.9 Å². The standard InChI is InChI=1S/C17H21NO4S/c1-4-5-13-6-9-15(10-7-13)23(19,20)18-14-8-11-16(21-2)17(12-14)22-3/h6-12,18H,4-5H2,1-3H3. The fraction of sp³-hybridized carbons (Fsp3) is 0.294. The van der Waals surface area contributed by atoms with Gasteiger partial charge in [0.05, 0.1) is 24.8 Å². The number of ether oxygens (including phenoxy) is 2. The highest BCUT2D eigenvalue weighted by Gasteiger charge is 2.15. The summed E-state index contributed by atoms with van der Waals surface area (Å²) in [7, 11) is -0.606. The summed E-state index contributed by atoms with van der Waals surface area (Å²) in [5, 5.41) is 0. The number of methoxy groups -OCH3 is 2. The predicted octanol–water partition coefficient (Wildman–Crippen LogP) is 3.46. The van der Waals surface area contributed by atoms with Gasteiger partial charge >= 0.3 is 0 Å². The molecule has 0 radical (unpaired) electrons. The molecule has 2 aromatic rings. The monoisotopic (exact) mass is 335 g/mol. The van der Waals surface area contributed by atoms with Crippen LogP contribution in [0, 0.1) is 0 Å². The second-order valence-corrected chi connectivity index (χ2v) is 6.75. The van der Waals surface area contributed by atoms with Crippen LogP contribution in [0.15, 0.2) is 47.4 Å². The summed E-state index contributed by atoms with van der Waals surface area (Å²) in [5.74, 6) is 1.00. The number of nitrogens with one attached hydrogen (secondary N) is 1. The molecule has 23 heavy (non-hydrogen) atoms. The van der Waals surface area contributed by atoms with Crippen molar-refractivity contribution in [1.82, 2.24) is 0 Å². The third-order valence-corrected chi connectivity index (χ3v) is 4.81.